The van der Waals surface area contributed by atoms with Gasteiger partial charge >= 0.3 is 0 Å². The third kappa shape index (κ3) is 2.99. The molecule has 0 bridgehead atoms. The third-order valence-electron chi connectivity index (χ3n) is 3.53. The molecule has 2 unspecified atom stereocenters. The number of piperazine rings is 1. The van der Waals surface area contributed by atoms with Gasteiger partial charge in [0.25, 0.3) is 0 Å². The molecule has 2 heterocycles. The predicted octanol–water partition coefficient (Wildman–Crippen LogP) is 2.66. The van der Waals surface area contributed by atoms with Crippen molar-refractivity contribution in [2.45, 2.75) is 45.8 Å². The molecule has 0 radical (unpaired) electrons. The van der Waals surface area contributed by atoms with E-state index >= 15 is 0 Å². The number of nitrogens with zero attached hydrogens (tertiary/aromatic N) is 1. The second-order valence-corrected chi connectivity index (χ2v) is 7.13. The van der Waals surface area contributed by atoms with Crippen molar-refractivity contribution in [3.8, 4) is 0 Å². The van der Waals surface area contributed by atoms with Crippen molar-refractivity contribution in [3.05, 3.63) is 21.3 Å². The smallest absolute Gasteiger partial charge is 0.246 e. The first kappa shape index (κ1) is 15.3. The molecule has 1 aliphatic heterocycles. The van der Waals surface area contributed by atoms with Crippen molar-refractivity contribution >= 4 is 34.8 Å². The summed E-state index contributed by atoms with van der Waals surface area (Å²) < 4.78 is 0.697. The molecule has 2 rings (SSSR count). The van der Waals surface area contributed by atoms with Crippen LogP contribution in [0.2, 0.25) is 4.34 Å². The zero-order valence-electron chi connectivity index (χ0n) is 11.9. The Morgan fingerprint density at radius 2 is 2.10 bits per heavy atom. The van der Waals surface area contributed by atoms with E-state index in [0.29, 0.717) is 17.3 Å². The van der Waals surface area contributed by atoms with Gasteiger partial charge in [-0.1, -0.05) is 32.4 Å². The average molecular weight is 315 g/mol. The first-order valence-corrected chi connectivity index (χ1v) is 7.98. The summed E-state index contributed by atoms with van der Waals surface area (Å²) in [4.78, 5) is 27.4. The van der Waals surface area contributed by atoms with Crippen LogP contribution >= 0.6 is 22.9 Å². The SMILES string of the molecule is CCC1C(=O)NC(C(C)C)C(=O)N1Cc1ccc(Cl)s1. The number of rotatable bonds is 4. The fourth-order valence-corrected chi connectivity index (χ4v) is 3.52. The van der Waals surface area contributed by atoms with Crippen molar-refractivity contribution in [3.63, 3.8) is 0 Å². The molecule has 4 nitrogen and oxygen atoms in total. The molecule has 1 N–H and O–H groups in total. The number of hydrogen-bond acceptors (Lipinski definition) is 3. The quantitative estimate of drug-likeness (QED) is 0.929. The van der Waals surface area contributed by atoms with Gasteiger partial charge in [0.15, 0.2) is 0 Å². The van der Waals surface area contributed by atoms with E-state index in [1.165, 1.54) is 11.3 Å². The van der Waals surface area contributed by atoms with E-state index in [4.69, 9.17) is 11.6 Å². The highest BCUT2D eigenvalue weighted by Gasteiger charge is 2.40. The molecule has 1 aliphatic rings. The maximum Gasteiger partial charge on any atom is 0.246 e. The first-order chi connectivity index (χ1) is 9.43. The largest absolute Gasteiger partial charge is 0.342 e. The number of hydrogen-bond donors (Lipinski definition) is 1. The van der Waals surface area contributed by atoms with E-state index in [0.717, 1.165) is 4.88 Å². The summed E-state index contributed by atoms with van der Waals surface area (Å²) in [6.45, 7) is 6.25. The summed E-state index contributed by atoms with van der Waals surface area (Å²) >= 11 is 7.37. The molecule has 1 fully saturated rings. The van der Waals surface area contributed by atoms with Crippen LogP contribution < -0.4 is 5.32 Å². The van der Waals surface area contributed by atoms with Gasteiger partial charge in [0.1, 0.15) is 12.1 Å². The van der Waals surface area contributed by atoms with E-state index in [9.17, 15) is 9.59 Å². The predicted molar refractivity (Wildman–Crippen MR) is 80.7 cm³/mol. The van der Waals surface area contributed by atoms with Crippen molar-refractivity contribution in [1.82, 2.24) is 10.2 Å². The Morgan fingerprint density at radius 3 is 2.60 bits per heavy atom. The Hall–Kier alpha value is -1.07. The molecule has 2 amide bonds. The minimum absolute atomic E-state index is 0.00373. The van der Waals surface area contributed by atoms with Crippen molar-refractivity contribution in [2.24, 2.45) is 5.92 Å². The van der Waals surface area contributed by atoms with Crippen LogP contribution in [0, 0.1) is 5.92 Å². The highest BCUT2D eigenvalue weighted by atomic mass is 35.5. The fraction of sp³-hybridized carbons (Fsp3) is 0.571. The number of nitrogens with one attached hydrogen (secondary N) is 1. The fourth-order valence-electron chi connectivity index (χ4n) is 2.44. The van der Waals surface area contributed by atoms with Gasteiger partial charge in [-0.3, -0.25) is 9.59 Å². The lowest BCUT2D eigenvalue weighted by molar-refractivity contribution is -0.151. The lowest BCUT2D eigenvalue weighted by Crippen LogP contribution is -2.64. The zero-order valence-corrected chi connectivity index (χ0v) is 13.4. The third-order valence-corrected chi connectivity index (χ3v) is 4.75. The Balaban J connectivity index is 2.24. The van der Waals surface area contributed by atoms with Crippen LogP contribution in [0.1, 0.15) is 32.1 Å². The molecule has 6 heteroatoms. The molecule has 1 saturated heterocycles. The lowest BCUT2D eigenvalue weighted by Gasteiger charge is -2.39. The van der Waals surface area contributed by atoms with Gasteiger partial charge in [-0.25, -0.2) is 0 Å². The van der Waals surface area contributed by atoms with Crippen LogP contribution in [0.5, 0.6) is 0 Å². The molecule has 0 aliphatic carbocycles. The van der Waals surface area contributed by atoms with Gasteiger partial charge in [0, 0.05) is 4.88 Å². The van der Waals surface area contributed by atoms with E-state index < -0.39 is 12.1 Å². The van der Waals surface area contributed by atoms with Crippen molar-refractivity contribution < 1.29 is 9.59 Å². The lowest BCUT2D eigenvalue weighted by atomic mass is 9.97. The molecule has 20 heavy (non-hydrogen) atoms. The highest BCUT2D eigenvalue weighted by Crippen LogP contribution is 2.26. The standard InChI is InChI=1S/C14H19ClN2O2S/c1-4-10-13(18)16-12(8(2)3)14(19)17(10)7-9-5-6-11(15)20-9/h5-6,8,10,12H,4,7H2,1-3H3,(H,16,18). The Labute approximate surface area is 128 Å². The summed E-state index contributed by atoms with van der Waals surface area (Å²) in [6.07, 6.45) is 0.613. The Bertz CT molecular complexity index is 515. The maximum absolute atomic E-state index is 12.6. The van der Waals surface area contributed by atoms with Crippen LogP contribution in [0.25, 0.3) is 0 Å². The molecule has 0 saturated carbocycles. The summed E-state index contributed by atoms with van der Waals surface area (Å²) in [7, 11) is 0. The number of carbonyl (C=O) groups excluding carboxylic acids is 2. The monoisotopic (exact) mass is 314 g/mol. The molecule has 0 aromatic carbocycles. The maximum atomic E-state index is 12.6. The molecule has 1 aromatic rings. The summed E-state index contributed by atoms with van der Waals surface area (Å²) in [5, 5.41) is 2.83. The number of amides is 2. The van der Waals surface area contributed by atoms with Crippen LogP contribution in [0.3, 0.4) is 0 Å². The number of thiophene rings is 1. The second kappa shape index (κ2) is 6.14. The molecular weight excluding hydrogens is 296 g/mol. The van der Waals surface area contributed by atoms with E-state index in [1.54, 1.807) is 4.90 Å². The van der Waals surface area contributed by atoms with E-state index in [1.807, 2.05) is 32.9 Å². The van der Waals surface area contributed by atoms with Crippen LogP contribution in [0.15, 0.2) is 12.1 Å². The van der Waals surface area contributed by atoms with E-state index in [-0.39, 0.29) is 17.7 Å². The van der Waals surface area contributed by atoms with Gasteiger partial charge in [-0.15, -0.1) is 11.3 Å². The van der Waals surface area contributed by atoms with Crippen LogP contribution in [-0.2, 0) is 16.1 Å². The normalized spacial score (nSPS) is 23.4. The summed E-state index contributed by atoms with van der Waals surface area (Å²) in [5.74, 6) is 0.0168. The van der Waals surface area contributed by atoms with Gasteiger partial charge < -0.3 is 10.2 Å². The molecule has 0 spiro atoms. The second-order valence-electron chi connectivity index (χ2n) is 5.33. The Morgan fingerprint density at radius 1 is 1.40 bits per heavy atom. The molecular formula is C14H19ClN2O2S. The zero-order chi connectivity index (χ0) is 14.9. The first-order valence-electron chi connectivity index (χ1n) is 6.79. The summed E-state index contributed by atoms with van der Waals surface area (Å²) in [6, 6.07) is 2.90. The van der Waals surface area contributed by atoms with Gasteiger partial charge in [0.2, 0.25) is 11.8 Å². The van der Waals surface area contributed by atoms with Gasteiger partial charge in [0.05, 0.1) is 10.9 Å². The van der Waals surface area contributed by atoms with Crippen LogP contribution in [0.4, 0.5) is 0 Å². The average Bonchev–Trinajstić information content (AvgIpc) is 2.79. The van der Waals surface area contributed by atoms with Gasteiger partial charge in [-0.05, 0) is 24.5 Å². The topological polar surface area (TPSA) is 49.4 Å². The number of halogens is 1. The van der Waals surface area contributed by atoms with Crippen molar-refractivity contribution in [1.29, 1.82) is 0 Å². The van der Waals surface area contributed by atoms with Crippen LogP contribution in [-0.4, -0.2) is 28.8 Å². The molecule has 110 valence electrons. The minimum Gasteiger partial charge on any atom is -0.342 e. The van der Waals surface area contributed by atoms with E-state index in [2.05, 4.69) is 5.32 Å². The molecule has 2 atom stereocenters. The van der Waals surface area contributed by atoms with Crippen molar-refractivity contribution in [2.75, 3.05) is 0 Å². The summed E-state index contributed by atoms with van der Waals surface area (Å²) in [5.41, 5.74) is 0. The Kier molecular flexibility index (Phi) is 4.70. The van der Waals surface area contributed by atoms with Gasteiger partial charge in [-0.2, -0.15) is 0 Å². The number of carbonyl (C=O) groups is 2. The molecule has 1 aromatic heterocycles. The highest BCUT2D eigenvalue weighted by molar-refractivity contribution is 7.16. The minimum atomic E-state index is -0.430.